The first-order valence-electron chi connectivity index (χ1n) is 10.2. The molecule has 0 saturated carbocycles. The van der Waals surface area contributed by atoms with Crippen molar-refractivity contribution in [2.24, 2.45) is 11.8 Å². The van der Waals surface area contributed by atoms with Gasteiger partial charge in [-0.25, -0.2) is 0 Å². The minimum absolute atomic E-state index is 0.0971. The van der Waals surface area contributed by atoms with Gasteiger partial charge in [-0.3, -0.25) is 14.5 Å². The van der Waals surface area contributed by atoms with E-state index in [0.29, 0.717) is 25.4 Å². The van der Waals surface area contributed by atoms with E-state index in [4.69, 9.17) is 0 Å². The lowest BCUT2D eigenvalue weighted by molar-refractivity contribution is -0.132. The molecule has 3 heterocycles. The van der Waals surface area contributed by atoms with E-state index in [1.165, 1.54) is 4.88 Å². The molecular formula is C22H26BrN3O2S. The zero-order valence-corrected chi connectivity index (χ0v) is 18.8. The summed E-state index contributed by atoms with van der Waals surface area (Å²) in [6.45, 7) is 4.41. The standard InChI is InChI=1S/C22H26BrN3O2S/c23-19-5-1-2-6-20(19)26-12-9-18(22(26)28)21(27)24-14-16-7-10-25(11-8-16)15-17-4-3-13-29-17/h1-6,13,16,18H,7-12,14-15H2,(H,24,27). The molecule has 7 heteroatoms. The first kappa shape index (κ1) is 20.6. The number of anilines is 1. The van der Waals surface area contributed by atoms with Crippen LogP contribution in [0.5, 0.6) is 0 Å². The molecule has 0 bridgehead atoms. The van der Waals surface area contributed by atoms with Crippen LogP contribution in [-0.4, -0.2) is 42.9 Å². The predicted molar refractivity (Wildman–Crippen MR) is 120 cm³/mol. The maximum Gasteiger partial charge on any atom is 0.239 e. The highest BCUT2D eigenvalue weighted by Gasteiger charge is 2.38. The SMILES string of the molecule is O=C(NCC1CCN(Cc2cccs2)CC1)C1CCN(c2ccccc2Br)C1=O. The zero-order chi connectivity index (χ0) is 20.2. The third-order valence-corrected chi connectivity index (χ3v) is 7.43. The monoisotopic (exact) mass is 475 g/mol. The summed E-state index contributed by atoms with van der Waals surface area (Å²) >= 11 is 5.31. The molecule has 2 amide bonds. The Kier molecular flexibility index (Phi) is 6.67. The number of hydrogen-bond donors (Lipinski definition) is 1. The number of piperidine rings is 1. The fraction of sp³-hybridized carbons (Fsp3) is 0.455. The molecule has 0 radical (unpaired) electrons. The second-order valence-electron chi connectivity index (χ2n) is 7.83. The quantitative estimate of drug-likeness (QED) is 0.644. The number of para-hydroxylation sites is 1. The number of carbonyl (C=O) groups is 2. The number of rotatable bonds is 6. The second-order valence-corrected chi connectivity index (χ2v) is 9.71. The van der Waals surface area contributed by atoms with Crippen molar-refractivity contribution in [3.8, 4) is 0 Å². The Hall–Kier alpha value is -1.70. The van der Waals surface area contributed by atoms with Crippen LogP contribution in [-0.2, 0) is 16.1 Å². The van der Waals surface area contributed by atoms with E-state index in [1.54, 1.807) is 4.90 Å². The largest absolute Gasteiger partial charge is 0.355 e. The molecule has 0 aliphatic carbocycles. The van der Waals surface area contributed by atoms with Gasteiger partial charge in [-0.05, 0) is 77.8 Å². The summed E-state index contributed by atoms with van der Waals surface area (Å²) in [5.41, 5.74) is 0.839. The Balaban J connectivity index is 1.23. The van der Waals surface area contributed by atoms with Crippen LogP contribution in [0, 0.1) is 11.8 Å². The van der Waals surface area contributed by atoms with E-state index in [1.807, 2.05) is 35.6 Å². The van der Waals surface area contributed by atoms with Crippen LogP contribution < -0.4 is 10.2 Å². The first-order valence-corrected chi connectivity index (χ1v) is 11.9. The number of thiophene rings is 1. The van der Waals surface area contributed by atoms with E-state index in [-0.39, 0.29) is 11.8 Å². The molecule has 1 N–H and O–H groups in total. The van der Waals surface area contributed by atoms with Crippen molar-refractivity contribution in [3.63, 3.8) is 0 Å². The van der Waals surface area contributed by atoms with Crippen molar-refractivity contribution < 1.29 is 9.59 Å². The average Bonchev–Trinajstić information content (AvgIpc) is 3.37. The van der Waals surface area contributed by atoms with Crippen molar-refractivity contribution in [2.45, 2.75) is 25.8 Å². The van der Waals surface area contributed by atoms with Gasteiger partial charge in [-0.2, -0.15) is 0 Å². The highest BCUT2D eigenvalue weighted by molar-refractivity contribution is 9.10. The number of amides is 2. The predicted octanol–water partition coefficient (Wildman–Crippen LogP) is 3.89. The molecule has 2 aromatic rings. The highest BCUT2D eigenvalue weighted by atomic mass is 79.9. The van der Waals surface area contributed by atoms with E-state index in [0.717, 1.165) is 42.6 Å². The summed E-state index contributed by atoms with van der Waals surface area (Å²) in [7, 11) is 0. The molecule has 2 aliphatic heterocycles. The summed E-state index contributed by atoms with van der Waals surface area (Å²) in [4.78, 5) is 31.1. The number of nitrogens with one attached hydrogen (secondary N) is 1. The topological polar surface area (TPSA) is 52.7 Å². The lowest BCUT2D eigenvalue weighted by atomic mass is 9.96. The molecule has 2 saturated heterocycles. The molecule has 1 aromatic heterocycles. The molecule has 29 heavy (non-hydrogen) atoms. The van der Waals surface area contributed by atoms with Gasteiger partial charge in [0.25, 0.3) is 0 Å². The summed E-state index contributed by atoms with van der Waals surface area (Å²) in [5.74, 6) is -0.291. The number of hydrogen-bond acceptors (Lipinski definition) is 4. The van der Waals surface area contributed by atoms with Crippen LogP contribution in [0.2, 0.25) is 0 Å². The fourth-order valence-corrected chi connectivity index (χ4v) is 5.42. The molecule has 1 aromatic carbocycles. The lowest BCUT2D eigenvalue weighted by Gasteiger charge is -2.31. The lowest BCUT2D eigenvalue weighted by Crippen LogP contribution is -2.41. The van der Waals surface area contributed by atoms with Gasteiger partial charge in [-0.15, -0.1) is 11.3 Å². The minimum Gasteiger partial charge on any atom is -0.355 e. The molecule has 154 valence electrons. The van der Waals surface area contributed by atoms with E-state index in [9.17, 15) is 9.59 Å². The van der Waals surface area contributed by atoms with E-state index >= 15 is 0 Å². The normalized spacial score (nSPS) is 20.9. The number of benzene rings is 1. The van der Waals surface area contributed by atoms with Gasteiger partial charge in [0.2, 0.25) is 11.8 Å². The molecule has 0 spiro atoms. The van der Waals surface area contributed by atoms with Crippen LogP contribution >= 0.6 is 27.3 Å². The first-order chi connectivity index (χ1) is 14.1. The van der Waals surface area contributed by atoms with Crippen molar-refractivity contribution in [1.29, 1.82) is 0 Å². The Bertz CT molecular complexity index is 850. The van der Waals surface area contributed by atoms with Crippen LogP contribution in [0.25, 0.3) is 0 Å². The number of nitrogens with zero attached hydrogens (tertiary/aromatic N) is 2. The van der Waals surface area contributed by atoms with Gasteiger partial charge >= 0.3 is 0 Å². The number of halogens is 1. The Morgan fingerprint density at radius 1 is 1.10 bits per heavy atom. The third-order valence-electron chi connectivity index (χ3n) is 5.90. The highest BCUT2D eigenvalue weighted by Crippen LogP contribution is 2.31. The van der Waals surface area contributed by atoms with E-state index < -0.39 is 5.92 Å². The van der Waals surface area contributed by atoms with Crippen molar-refractivity contribution in [1.82, 2.24) is 10.2 Å². The maximum absolute atomic E-state index is 12.8. The molecule has 5 nitrogen and oxygen atoms in total. The van der Waals surface area contributed by atoms with E-state index in [2.05, 4.69) is 43.7 Å². The molecule has 2 aliphatic rings. The van der Waals surface area contributed by atoms with Gasteiger partial charge in [-0.1, -0.05) is 18.2 Å². The van der Waals surface area contributed by atoms with Gasteiger partial charge in [0, 0.05) is 29.0 Å². The summed E-state index contributed by atoms with van der Waals surface area (Å²) < 4.78 is 0.878. The minimum atomic E-state index is -0.568. The van der Waals surface area contributed by atoms with Crippen molar-refractivity contribution in [3.05, 3.63) is 51.1 Å². The molecule has 2 fully saturated rings. The Labute approximate surface area is 184 Å². The van der Waals surface area contributed by atoms with Crippen LogP contribution in [0.4, 0.5) is 5.69 Å². The summed E-state index contributed by atoms with van der Waals surface area (Å²) in [6.07, 6.45) is 2.76. The third kappa shape index (κ3) is 4.90. The summed E-state index contributed by atoms with van der Waals surface area (Å²) in [5, 5.41) is 5.18. The van der Waals surface area contributed by atoms with Crippen molar-refractivity contribution in [2.75, 3.05) is 31.1 Å². The molecule has 1 unspecified atom stereocenters. The number of carbonyl (C=O) groups excluding carboxylic acids is 2. The summed E-state index contributed by atoms with van der Waals surface area (Å²) in [6, 6.07) is 11.9. The maximum atomic E-state index is 12.8. The van der Waals surface area contributed by atoms with Gasteiger partial charge in [0.15, 0.2) is 0 Å². The van der Waals surface area contributed by atoms with Crippen molar-refractivity contribution >= 4 is 44.8 Å². The molecule has 1 atom stereocenters. The van der Waals surface area contributed by atoms with Crippen LogP contribution in [0.3, 0.4) is 0 Å². The van der Waals surface area contributed by atoms with Gasteiger partial charge in [0.05, 0.1) is 5.69 Å². The van der Waals surface area contributed by atoms with Crippen LogP contribution in [0.1, 0.15) is 24.1 Å². The molecular weight excluding hydrogens is 450 g/mol. The second kappa shape index (κ2) is 9.41. The zero-order valence-electron chi connectivity index (χ0n) is 16.4. The average molecular weight is 476 g/mol. The number of likely N-dealkylation sites (tertiary alicyclic amines) is 1. The van der Waals surface area contributed by atoms with Gasteiger partial charge < -0.3 is 10.2 Å². The van der Waals surface area contributed by atoms with Gasteiger partial charge in [0.1, 0.15) is 5.92 Å². The van der Waals surface area contributed by atoms with Crippen LogP contribution in [0.15, 0.2) is 46.3 Å². The Morgan fingerprint density at radius 2 is 1.90 bits per heavy atom. The Morgan fingerprint density at radius 3 is 2.62 bits per heavy atom. The molecule has 4 rings (SSSR count). The fourth-order valence-electron chi connectivity index (χ4n) is 4.17. The smallest absolute Gasteiger partial charge is 0.239 e.